The summed E-state index contributed by atoms with van der Waals surface area (Å²) < 4.78 is 5.38. The number of hydrogen-bond donors (Lipinski definition) is 0. The van der Waals surface area contributed by atoms with Crippen LogP contribution in [0.25, 0.3) is 6.08 Å². The Balaban J connectivity index is 2.60. The second-order valence-electron chi connectivity index (χ2n) is 3.07. The molecule has 80 valence electrons. The highest BCUT2D eigenvalue weighted by atomic mass is 16.5. The monoisotopic (exact) mass is 205 g/mol. The SMILES string of the molecule is CCCOc1ccc(/C=C\C(=O)[O-])cc1. The second-order valence-corrected chi connectivity index (χ2v) is 3.07. The van der Waals surface area contributed by atoms with Gasteiger partial charge in [0.05, 0.1) is 12.6 Å². The summed E-state index contributed by atoms with van der Waals surface area (Å²) >= 11 is 0. The van der Waals surface area contributed by atoms with Crippen molar-refractivity contribution >= 4 is 12.0 Å². The predicted molar refractivity (Wildman–Crippen MR) is 56.3 cm³/mol. The normalized spacial score (nSPS) is 10.5. The van der Waals surface area contributed by atoms with Crippen LogP contribution in [0.2, 0.25) is 0 Å². The molecule has 0 radical (unpaired) electrons. The molecule has 1 aromatic rings. The molecule has 1 rings (SSSR count). The molecular weight excluding hydrogens is 192 g/mol. The number of rotatable bonds is 5. The van der Waals surface area contributed by atoms with Crippen LogP contribution < -0.4 is 9.84 Å². The molecule has 0 saturated carbocycles. The Morgan fingerprint density at radius 2 is 2.07 bits per heavy atom. The van der Waals surface area contributed by atoms with Gasteiger partial charge in [0.1, 0.15) is 5.75 Å². The lowest BCUT2D eigenvalue weighted by atomic mass is 10.2. The number of ether oxygens (including phenoxy) is 1. The lowest BCUT2D eigenvalue weighted by Gasteiger charge is -2.03. The molecule has 0 spiro atoms. The molecule has 0 aliphatic heterocycles. The van der Waals surface area contributed by atoms with Gasteiger partial charge in [0.2, 0.25) is 0 Å². The standard InChI is InChI=1S/C12H14O3/c1-2-9-15-11-6-3-10(4-7-11)5-8-12(13)14/h3-8H,2,9H2,1H3,(H,13,14)/p-1/b8-5-. The van der Waals surface area contributed by atoms with Crippen LogP contribution in [-0.4, -0.2) is 12.6 Å². The molecule has 0 atom stereocenters. The van der Waals surface area contributed by atoms with Crippen molar-refractivity contribution in [1.29, 1.82) is 0 Å². The topological polar surface area (TPSA) is 49.4 Å². The van der Waals surface area contributed by atoms with E-state index in [2.05, 4.69) is 0 Å². The van der Waals surface area contributed by atoms with E-state index < -0.39 is 5.97 Å². The van der Waals surface area contributed by atoms with E-state index >= 15 is 0 Å². The third-order valence-electron chi connectivity index (χ3n) is 1.76. The highest BCUT2D eigenvalue weighted by Gasteiger charge is 1.91. The van der Waals surface area contributed by atoms with Crippen molar-refractivity contribution in [2.24, 2.45) is 0 Å². The van der Waals surface area contributed by atoms with Crippen molar-refractivity contribution in [1.82, 2.24) is 0 Å². The maximum absolute atomic E-state index is 10.2. The minimum absolute atomic E-state index is 0.689. The van der Waals surface area contributed by atoms with E-state index in [1.165, 1.54) is 6.08 Å². The fourth-order valence-corrected chi connectivity index (χ4v) is 1.06. The Hall–Kier alpha value is -1.77. The van der Waals surface area contributed by atoms with Crippen LogP contribution in [0.3, 0.4) is 0 Å². The summed E-state index contributed by atoms with van der Waals surface area (Å²) in [5.41, 5.74) is 0.808. The molecule has 3 heteroatoms. The highest BCUT2D eigenvalue weighted by Crippen LogP contribution is 2.13. The molecule has 0 N–H and O–H groups in total. The molecule has 0 unspecified atom stereocenters. The van der Waals surface area contributed by atoms with Crippen LogP contribution in [0.1, 0.15) is 18.9 Å². The number of aliphatic carboxylic acids is 1. The fourth-order valence-electron chi connectivity index (χ4n) is 1.06. The molecule has 0 bridgehead atoms. The first-order valence-electron chi connectivity index (χ1n) is 4.84. The maximum atomic E-state index is 10.2. The summed E-state index contributed by atoms with van der Waals surface area (Å²) in [5.74, 6) is -0.399. The molecule has 0 aliphatic rings. The van der Waals surface area contributed by atoms with E-state index in [9.17, 15) is 9.90 Å². The number of hydrogen-bond acceptors (Lipinski definition) is 3. The highest BCUT2D eigenvalue weighted by molar-refractivity contribution is 5.83. The molecule has 15 heavy (non-hydrogen) atoms. The van der Waals surface area contributed by atoms with E-state index in [0.717, 1.165) is 23.8 Å². The van der Waals surface area contributed by atoms with Crippen molar-refractivity contribution in [3.8, 4) is 5.75 Å². The Bertz CT molecular complexity index is 338. The number of carboxylic acid groups (broad SMARTS) is 1. The van der Waals surface area contributed by atoms with E-state index in [1.807, 2.05) is 19.1 Å². The van der Waals surface area contributed by atoms with Gasteiger partial charge < -0.3 is 14.6 Å². The van der Waals surface area contributed by atoms with Gasteiger partial charge in [-0.2, -0.15) is 0 Å². The Kier molecular flexibility index (Phi) is 4.41. The van der Waals surface area contributed by atoms with E-state index in [1.54, 1.807) is 12.1 Å². The Morgan fingerprint density at radius 1 is 1.40 bits per heavy atom. The maximum Gasteiger partial charge on any atom is 0.119 e. The Labute approximate surface area is 89.0 Å². The molecule has 3 nitrogen and oxygen atoms in total. The number of carbonyl (C=O) groups is 1. The van der Waals surface area contributed by atoms with Gasteiger partial charge in [-0.25, -0.2) is 0 Å². The van der Waals surface area contributed by atoms with E-state index in [-0.39, 0.29) is 0 Å². The lowest BCUT2D eigenvalue weighted by molar-refractivity contribution is -0.297. The fraction of sp³-hybridized carbons (Fsp3) is 0.250. The molecule has 0 aliphatic carbocycles. The van der Waals surface area contributed by atoms with Gasteiger partial charge in [-0.15, -0.1) is 0 Å². The van der Waals surface area contributed by atoms with Gasteiger partial charge in [-0.1, -0.05) is 25.1 Å². The summed E-state index contributed by atoms with van der Waals surface area (Å²) in [5, 5.41) is 10.2. The molecule has 0 saturated heterocycles. The Morgan fingerprint density at radius 3 is 2.60 bits per heavy atom. The number of benzene rings is 1. The minimum Gasteiger partial charge on any atom is -0.545 e. The third kappa shape index (κ3) is 4.31. The van der Waals surface area contributed by atoms with Crippen LogP contribution in [-0.2, 0) is 4.79 Å². The third-order valence-corrected chi connectivity index (χ3v) is 1.76. The molecule has 0 amide bonds. The molecule has 1 aromatic carbocycles. The first-order chi connectivity index (χ1) is 7.22. The lowest BCUT2D eigenvalue weighted by Crippen LogP contribution is -2.18. The van der Waals surface area contributed by atoms with Crippen molar-refractivity contribution in [3.05, 3.63) is 35.9 Å². The first kappa shape index (κ1) is 11.3. The van der Waals surface area contributed by atoms with Gasteiger partial charge >= 0.3 is 0 Å². The van der Waals surface area contributed by atoms with Crippen LogP contribution >= 0.6 is 0 Å². The van der Waals surface area contributed by atoms with Crippen molar-refractivity contribution in [2.75, 3.05) is 6.61 Å². The zero-order valence-electron chi connectivity index (χ0n) is 8.60. The van der Waals surface area contributed by atoms with Crippen molar-refractivity contribution in [3.63, 3.8) is 0 Å². The van der Waals surface area contributed by atoms with Crippen LogP contribution in [0, 0.1) is 0 Å². The number of carboxylic acids is 1. The molecule has 0 fully saturated rings. The quantitative estimate of drug-likeness (QED) is 0.679. The summed E-state index contributed by atoms with van der Waals surface area (Å²) in [6.45, 7) is 2.73. The average molecular weight is 205 g/mol. The molecular formula is C12H13O3-. The number of carbonyl (C=O) groups excluding carboxylic acids is 1. The molecule has 0 aromatic heterocycles. The smallest absolute Gasteiger partial charge is 0.119 e. The zero-order chi connectivity index (χ0) is 11.1. The predicted octanol–water partition coefficient (Wildman–Crippen LogP) is 1.24. The van der Waals surface area contributed by atoms with E-state index in [0.29, 0.717) is 6.61 Å². The summed E-state index contributed by atoms with van der Waals surface area (Å²) in [7, 11) is 0. The van der Waals surface area contributed by atoms with E-state index in [4.69, 9.17) is 4.74 Å². The van der Waals surface area contributed by atoms with Gasteiger partial charge in [0.15, 0.2) is 0 Å². The first-order valence-corrected chi connectivity index (χ1v) is 4.84. The van der Waals surface area contributed by atoms with Crippen LogP contribution in [0.5, 0.6) is 5.75 Å². The van der Waals surface area contributed by atoms with Crippen molar-refractivity contribution < 1.29 is 14.6 Å². The second kappa shape index (κ2) is 5.86. The van der Waals surface area contributed by atoms with Gasteiger partial charge in [0.25, 0.3) is 0 Å². The van der Waals surface area contributed by atoms with Gasteiger partial charge in [-0.05, 0) is 30.2 Å². The largest absolute Gasteiger partial charge is 0.545 e. The zero-order valence-corrected chi connectivity index (χ0v) is 8.60. The van der Waals surface area contributed by atoms with Gasteiger partial charge in [-0.3, -0.25) is 0 Å². The summed E-state index contributed by atoms with van der Waals surface area (Å²) in [4.78, 5) is 10.2. The van der Waals surface area contributed by atoms with Gasteiger partial charge in [0, 0.05) is 0 Å². The van der Waals surface area contributed by atoms with Crippen LogP contribution in [0.15, 0.2) is 30.3 Å². The molecule has 0 heterocycles. The van der Waals surface area contributed by atoms with Crippen LogP contribution in [0.4, 0.5) is 0 Å². The minimum atomic E-state index is -1.19. The average Bonchev–Trinajstić information content (AvgIpc) is 2.25. The summed E-state index contributed by atoms with van der Waals surface area (Å²) in [6, 6.07) is 7.21. The van der Waals surface area contributed by atoms with Crippen molar-refractivity contribution in [2.45, 2.75) is 13.3 Å². The summed E-state index contributed by atoms with van der Waals surface area (Å²) in [6.07, 6.45) is 3.45.